The summed E-state index contributed by atoms with van der Waals surface area (Å²) >= 11 is 2.15. The molecule has 0 aromatic heterocycles. The lowest BCUT2D eigenvalue weighted by atomic mass is 10.0. The Hall–Kier alpha value is 0.270. The lowest BCUT2D eigenvalue weighted by Crippen LogP contribution is -2.57. The van der Waals surface area contributed by atoms with Crippen molar-refractivity contribution in [3.05, 3.63) is 0 Å². The van der Waals surface area contributed by atoms with E-state index in [9.17, 15) is 0 Å². The van der Waals surface area contributed by atoms with Crippen molar-refractivity contribution >= 4 is 11.8 Å². The number of rotatable bonds is 3. The fraction of sp³-hybridized carbons (Fsp3) is 1.00. The largest absolute Gasteiger partial charge is 0.311 e. The maximum atomic E-state index is 3.74. The van der Waals surface area contributed by atoms with Gasteiger partial charge in [0.15, 0.2) is 0 Å². The molecule has 92 valence electrons. The summed E-state index contributed by atoms with van der Waals surface area (Å²) in [5, 5.41) is 3.74. The Bertz CT molecular complexity index is 234. The zero-order chi connectivity index (χ0) is 11.0. The molecule has 0 radical (unpaired) electrons. The van der Waals surface area contributed by atoms with Crippen LogP contribution in [0.2, 0.25) is 0 Å². The Balaban J connectivity index is 1.53. The second-order valence-electron chi connectivity index (χ2n) is 5.88. The van der Waals surface area contributed by atoms with Crippen molar-refractivity contribution in [1.29, 1.82) is 0 Å². The molecule has 2 nitrogen and oxygen atoms in total. The first-order valence-electron chi connectivity index (χ1n) is 6.88. The molecule has 1 N–H and O–H groups in total. The third-order valence-corrected chi connectivity index (χ3v) is 5.67. The molecule has 1 saturated carbocycles. The maximum absolute atomic E-state index is 3.74. The van der Waals surface area contributed by atoms with Gasteiger partial charge in [-0.3, -0.25) is 4.90 Å². The second kappa shape index (κ2) is 4.87. The van der Waals surface area contributed by atoms with Gasteiger partial charge in [0.25, 0.3) is 0 Å². The quantitative estimate of drug-likeness (QED) is 0.810. The number of thioether (sulfide) groups is 1. The molecule has 2 aliphatic heterocycles. The van der Waals surface area contributed by atoms with E-state index in [0.717, 1.165) is 23.9 Å². The average Bonchev–Trinajstić information content (AvgIpc) is 3.01. The van der Waals surface area contributed by atoms with Gasteiger partial charge in [-0.15, -0.1) is 0 Å². The molecule has 0 aromatic carbocycles. The SMILES string of the molecule is CC1CNC(C2CC2)CN1CC1CCSC1. The summed E-state index contributed by atoms with van der Waals surface area (Å²) in [4.78, 5) is 2.76. The van der Waals surface area contributed by atoms with E-state index in [0.29, 0.717) is 0 Å². The predicted molar refractivity (Wildman–Crippen MR) is 71.0 cm³/mol. The van der Waals surface area contributed by atoms with Crippen LogP contribution in [0, 0.1) is 11.8 Å². The highest BCUT2D eigenvalue weighted by molar-refractivity contribution is 7.99. The van der Waals surface area contributed by atoms with E-state index in [1.165, 1.54) is 50.4 Å². The van der Waals surface area contributed by atoms with Gasteiger partial charge >= 0.3 is 0 Å². The molecule has 16 heavy (non-hydrogen) atoms. The molecule has 3 aliphatic rings. The van der Waals surface area contributed by atoms with Gasteiger partial charge in [0.2, 0.25) is 0 Å². The van der Waals surface area contributed by atoms with Crippen LogP contribution in [0.1, 0.15) is 26.2 Å². The number of piperazine rings is 1. The topological polar surface area (TPSA) is 15.3 Å². The molecular formula is C13H24N2S. The minimum atomic E-state index is 0.751. The highest BCUT2D eigenvalue weighted by Crippen LogP contribution is 2.34. The molecule has 3 fully saturated rings. The average molecular weight is 240 g/mol. The van der Waals surface area contributed by atoms with Crippen molar-refractivity contribution in [2.45, 2.75) is 38.3 Å². The van der Waals surface area contributed by atoms with Gasteiger partial charge < -0.3 is 5.32 Å². The lowest BCUT2D eigenvalue weighted by Gasteiger charge is -2.40. The van der Waals surface area contributed by atoms with E-state index in [4.69, 9.17) is 0 Å². The molecule has 0 amide bonds. The van der Waals surface area contributed by atoms with E-state index in [-0.39, 0.29) is 0 Å². The van der Waals surface area contributed by atoms with Crippen molar-refractivity contribution in [2.75, 3.05) is 31.1 Å². The van der Waals surface area contributed by atoms with Gasteiger partial charge in [-0.05, 0) is 49.5 Å². The molecule has 3 heteroatoms. The molecule has 2 saturated heterocycles. The van der Waals surface area contributed by atoms with Gasteiger partial charge in [0, 0.05) is 31.7 Å². The predicted octanol–water partition coefficient (Wildman–Crippen LogP) is 1.81. The van der Waals surface area contributed by atoms with Crippen LogP contribution in [-0.2, 0) is 0 Å². The van der Waals surface area contributed by atoms with Gasteiger partial charge in [-0.1, -0.05) is 0 Å². The summed E-state index contributed by atoms with van der Waals surface area (Å²) in [6, 6.07) is 1.56. The molecule has 0 bridgehead atoms. The minimum Gasteiger partial charge on any atom is -0.311 e. The fourth-order valence-electron chi connectivity index (χ4n) is 3.08. The molecule has 1 aliphatic carbocycles. The van der Waals surface area contributed by atoms with E-state index >= 15 is 0 Å². The summed E-state index contributed by atoms with van der Waals surface area (Å²) in [6.07, 6.45) is 4.40. The highest BCUT2D eigenvalue weighted by atomic mass is 32.2. The standard InChI is InChI=1S/C13H24N2S/c1-10-6-14-13(12-2-3-12)8-15(10)7-11-4-5-16-9-11/h10-14H,2-9H2,1H3. The van der Waals surface area contributed by atoms with Crippen molar-refractivity contribution in [3.8, 4) is 0 Å². The van der Waals surface area contributed by atoms with Crippen molar-refractivity contribution in [3.63, 3.8) is 0 Å². The summed E-state index contributed by atoms with van der Waals surface area (Å²) in [5.41, 5.74) is 0. The van der Waals surface area contributed by atoms with Gasteiger partial charge in [0.05, 0.1) is 0 Å². The summed E-state index contributed by atoms with van der Waals surface area (Å²) in [7, 11) is 0. The zero-order valence-electron chi connectivity index (χ0n) is 10.3. The summed E-state index contributed by atoms with van der Waals surface area (Å²) in [6.45, 7) is 6.27. The monoisotopic (exact) mass is 240 g/mol. The van der Waals surface area contributed by atoms with E-state index < -0.39 is 0 Å². The molecule has 0 spiro atoms. The van der Waals surface area contributed by atoms with Crippen molar-refractivity contribution < 1.29 is 0 Å². The van der Waals surface area contributed by atoms with Crippen LogP contribution in [0.5, 0.6) is 0 Å². The molecule has 3 rings (SSSR count). The van der Waals surface area contributed by atoms with Crippen LogP contribution in [0.4, 0.5) is 0 Å². The third-order valence-electron chi connectivity index (χ3n) is 4.44. The number of nitrogens with one attached hydrogen (secondary N) is 1. The first kappa shape index (κ1) is 11.4. The molecule has 2 heterocycles. The van der Waals surface area contributed by atoms with Crippen LogP contribution in [0.15, 0.2) is 0 Å². The lowest BCUT2D eigenvalue weighted by molar-refractivity contribution is 0.117. The van der Waals surface area contributed by atoms with E-state index in [2.05, 4.69) is 28.9 Å². The van der Waals surface area contributed by atoms with Crippen LogP contribution in [0.3, 0.4) is 0 Å². The molecule has 0 aromatic rings. The number of hydrogen-bond acceptors (Lipinski definition) is 3. The Morgan fingerprint density at radius 3 is 2.88 bits per heavy atom. The zero-order valence-corrected chi connectivity index (χ0v) is 11.1. The normalized spacial score (nSPS) is 41.4. The summed E-state index contributed by atoms with van der Waals surface area (Å²) < 4.78 is 0. The second-order valence-corrected chi connectivity index (χ2v) is 7.03. The molecule has 3 unspecified atom stereocenters. The Kier molecular flexibility index (Phi) is 3.46. The first-order chi connectivity index (χ1) is 7.83. The van der Waals surface area contributed by atoms with Crippen molar-refractivity contribution in [1.82, 2.24) is 10.2 Å². The molecular weight excluding hydrogens is 216 g/mol. The summed E-state index contributed by atoms with van der Waals surface area (Å²) in [5.74, 6) is 4.79. The maximum Gasteiger partial charge on any atom is 0.0224 e. The number of hydrogen-bond donors (Lipinski definition) is 1. The Morgan fingerprint density at radius 2 is 2.19 bits per heavy atom. The number of nitrogens with zero attached hydrogens (tertiary/aromatic N) is 1. The molecule has 3 atom stereocenters. The van der Waals surface area contributed by atoms with Gasteiger partial charge in [0.1, 0.15) is 0 Å². The van der Waals surface area contributed by atoms with Crippen LogP contribution in [0.25, 0.3) is 0 Å². The van der Waals surface area contributed by atoms with Crippen LogP contribution in [-0.4, -0.2) is 48.1 Å². The highest BCUT2D eigenvalue weighted by Gasteiger charge is 2.36. The van der Waals surface area contributed by atoms with Crippen molar-refractivity contribution in [2.24, 2.45) is 11.8 Å². The Morgan fingerprint density at radius 1 is 1.31 bits per heavy atom. The van der Waals surface area contributed by atoms with E-state index in [1.807, 2.05) is 0 Å². The Labute approximate surface area is 104 Å². The van der Waals surface area contributed by atoms with Crippen LogP contribution < -0.4 is 5.32 Å². The van der Waals surface area contributed by atoms with Gasteiger partial charge in [-0.25, -0.2) is 0 Å². The van der Waals surface area contributed by atoms with Crippen LogP contribution >= 0.6 is 11.8 Å². The fourth-order valence-corrected chi connectivity index (χ4v) is 4.35. The van der Waals surface area contributed by atoms with Gasteiger partial charge in [-0.2, -0.15) is 11.8 Å². The van der Waals surface area contributed by atoms with E-state index in [1.54, 1.807) is 0 Å². The first-order valence-corrected chi connectivity index (χ1v) is 8.03. The smallest absolute Gasteiger partial charge is 0.0224 e. The third kappa shape index (κ3) is 2.57. The minimum absolute atomic E-state index is 0.751.